The predicted octanol–water partition coefficient (Wildman–Crippen LogP) is 3.13. The van der Waals surface area contributed by atoms with E-state index in [4.69, 9.17) is 0 Å². The summed E-state index contributed by atoms with van der Waals surface area (Å²) < 4.78 is 0. The number of rotatable bonds is 6. The van der Waals surface area contributed by atoms with E-state index in [1.807, 2.05) is 0 Å². The Balaban J connectivity index is 2.44. The molecular formula is C15H32N2. The average molecular weight is 240 g/mol. The predicted molar refractivity (Wildman–Crippen MR) is 76.4 cm³/mol. The topological polar surface area (TPSA) is 15.3 Å². The third kappa shape index (κ3) is 5.39. The lowest BCUT2D eigenvalue weighted by molar-refractivity contribution is 0.155. The number of nitrogens with one attached hydrogen (secondary N) is 1. The molecule has 0 aromatic rings. The molecule has 2 heteroatoms. The number of hydrogen-bond donors (Lipinski definition) is 1. The van der Waals surface area contributed by atoms with Crippen molar-refractivity contribution < 1.29 is 0 Å². The van der Waals surface area contributed by atoms with Crippen LogP contribution in [0.2, 0.25) is 0 Å². The first-order chi connectivity index (χ1) is 8.15. The molecule has 1 aliphatic heterocycles. The second-order valence-corrected chi connectivity index (χ2v) is 6.09. The van der Waals surface area contributed by atoms with Crippen molar-refractivity contribution in [3.05, 3.63) is 0 Å². The van der Waals surface area contributed by atoms with Gasteiger partial charge in [-0.2, -0.15) is 0 Å². The van der Waals surface area contributed by atoms with Crippen molar-refractivity contribution in [3.8, 4) is 0 Å². The summed E-state index contributed by atoms with van der Waals surface area (Å²) in [5.74, 6) is 1.68. The fourth-order valence-corrected chi connectivity index (χ4v) is 2.83. The van der Waals surface area contributed by atoms with Gasteiger partial charge in [0, 0.05) is 12.6 Å². The number of likely N-dealkylation sites (tertiary alicyclic amines) is 1. The van der Waals surface area contributed by atoms with Gasteiger partial charge in [0.2, 0.25) is 0 Å². The molecule has 1 N–H and O–H groups in total. The first kappa shape index (κ1) is 15.0. The van der Waals surface area contributed by atoms with Gasteiger partial charge >= 0.3 is 0 Å². The molecule has 102 valence electrons. The molecule has 0 spiro atoms. The lowest BCUT2D eigenvalue weighted by Gasteiger charge is -2.34. The molecule has 0 saturated carbocycles. The minimum absolute atomic E-state index is 0.729. The lowest BCUT2D eigenvalue weighted by atomic mass is 10.0. The summed E-state index contributed by atoms with van der Waals surface area (Å²) in [7, 11) is 0. The van der Waals surface area contributed by atoms with E-state index in [-0.39, 0.29) is 0 Å². The van der Waals surface area contributed by atoms with Crippen LogP contribution in [0.5, 0.6) is 0 Å². The Morgan fingerprint density at radius 1 is 1.24 bits per heavy atom. The molecule has 0 aromatic heterocycles. The summed E-state index contributed by atoms with van der Waals surface area (Å²) in [5.41, 5.74) is 0. The first-order valence-corrected chi connectivity index (χ1v) is 7.59. The van der Waals surface area contributed by atoms with Crippen molar-refractivity contribution in [1.29, 1.82) is 0 Å². The Morgan fingerprint density at radius 3 is 2.65 bits per heavy atom. The molecule has 0 aromatic carbocycles. The summed E-state index contributed by atoms with van der Waals surface area (Å²) in [4.78, 5) is 2.73. The van der Waals surface area contributed by atoms with E-state index in [1.165, 1.54) is 45.3 Å². The van der Waals surface area contributed by atoms with E-state index in [1.54, 1.807) is 0 Å². The number of nitrogens with zero attached hydrogens (tertiary/aromatic N) is 1. The molecule has 0 amide bonds. The van der Waals surface area contributed by atoms with Gasteiger partial charge in [0.25, 0.3) is 0 Å². The van der Waals surface area contributed by atoms with Crippen LogP contribution in [0, 0.1) is 11.8 Å². The van der Waals surface area contributed by atoms with Gasteiger partial charge in [-0.3, -0.25) is 4.90 Å². The largest absolute Gasteiger partial charge is 0.315 e. The normalized spacial score (nSPS) is 24.9. The summed E-state index contributed by atoms with van der Waals surface area (Å²) in [6.45, 7) is 14.3. The van der Waals surface area contributed by atoms with Crippen LogP contribution in [0.3, 0.4) is 0 Å². The molecule has 0 aliphatic carbocycles. The lowest BCUT2D eigenvalue weighted by Crippen LogP contribution is -2.46. The molecule has 1 rings (SSSR count). The monoisotopic (exact) mass is 240 g/mol. The van der Waals surface area contributed by atoms with Crippen molar-refractivity contribution in [2.75, 3.05) is 26.2 Å². The Kier molecular flexibility index (Phi) is 7.14. The minimum Gasteiger partial charge on any atom is -0.315 e. The molecule has 1 fully saturated rings. The smallest absolute Gasteiger partial charge is 0.0243 e. The Hall–Kier alpha value is -0.0800. The van der Waals surface area contributed by atoms with E-state index in [9.17, 15) is 0 Å². The maximum absolute atomic E-state index is 3.60. The molecule has 0 bridgehead atoms. The zero-order chi connectivity index (χ0) is 12.7. The highest BCUT2D eigenvalue weighted by molar-refractivity contribution is 4.79. The highest BCUT2D eigenvalue weighted by atomic mass is 15.2. The van der Waals surface area contributed by atoms with Crippen molar-refractivity contribution in [2.24, 2.45) is 11.8 Å². The van der Waals surface area contributed by atoms with E-state index in [0.717, 1.165) is 24.4 Å². The van der Waals surface area contributed by atoms with Crippen molar-refractivity contribution in [1.82, 2.24) is 10.2 Å². The zero-order valence-corrected chi connectivity index (χ0v) is 12.3. The third-order valence-corrected chi connectivity index (χ3v) is 4.07. The van der Waals surface area contributed by atoms with Gasteiger partial charge in [-0.1, -0.05) is 27.7 Å². The summed E-state index contributed by atoms with van der Waals surface area (Å²) in [6.07, 6.45) is 5.43. The second kappa shape index (κ2) is 8.10. The summed E-state index contributed by atoms with van der Waals surface area (Å²) in [6, 6.07) is 0.729. The first-order valence-electron chi connectivity index (χ1n) is 7.59. The van der Waals surface area contributed by atoms with Crippen LogP contribution in [0.1, 0.15) is 53.4 Å². The highest BCUT2D eigenvalue weighted by Gasteiger charge is 2.23. The van der Waals surface area contributed by atoms with Gasteiger partial charge < -0.3 is 5.32 Å². The van der Waals surface area contributed by atoms with Gasteiger partial charge in [-0.25, -0.2) is 0 Å². The van der Waals surface area contributed by atoms with Crippen LogP contribution in [0.25, 0.3) is 0 Å². The highest BCUT2D eigenvalue weighted by Crippen LogP contribution is 2.20. The molecule has 1 aliphatic rings. The zero-order valence-electron chi connectivity index (χ0n) is 12.3. The Labute approximate surface area is 108 Å². The van der Waals surface area contributed by atoms with Crippen LogP contribution < -0.4 is 5.32 Å². The maximum atomic E-state index is 3.60. The van der Waals surface area contributed by atoms with E-state index in [0.29, 0.717) is 0 Å². The fourth-order valence-electron chi connectivity index (χ4n) is 2.83. The van der Waals surface area contributed by atoms with Crippen LogP contribution in [0.15, 0.2) is 0 Å². The third-order valence-electron chi connectivity index (χ3n) is 4.07. The van der Waals surface area contributed by atoms with Crippen molar-refractivity contribution >= 4 is 0 Å². The van der Waals surface area contributed by atoms with E-state index in [2.05, 4.69) is 37.9 Å². The minimum atomic E-state index is 0.729. The van der Waals surface area contributed by atoms with Crippen molar-refractivity contribution in [3.63, 3.8) is 0 Å². The van der Waals surface area contributed by atoms with E-state index >= 15 is 0 Å². The van der Waals surface area contributed by atoms with Gasteiger partial charge in [0.15, 0.2) is 0 Å². The molecule has 2 nitrogen and oxygen atoms in total. The Morgan fingerprint density at radius 2 is 2.00 bits per heavy atom. The van der Waals surface area contributed by atoms with Crippen LogP contribution in [-0.2, 0) is 0 Å². The van der Waals surface area contributed by atoms with Gasteiger partial charge in [-0.15, -0.1) is 0 Å². The van der Waals surface area contributed by atoms with Crippen molar-refractivity contribution in [2.45, 2.75) is 59.4 Å². The molecule has 1 saturated heterocycles. The van der Waals surface area contributed by atoms with Gasteiger partial charge in [-0.05, 0) is 57.2 Å². The van der Waals surface area contributed by atoms with Gasteiger partial charge in [0.1, 0.15) is 0 Å². The van der Waals surface area contributed by atoms with Crippen LogP contribution in [-0.4, -0.2) is 37.1 Å². The molecular weight excluding hydrogens is 208 g/mol. The van der Waals surface area contributed by atoms with Crippen LogP contribution in [0.4, 0.5) is 0 Å². The quantitative estimate of drug-likeness (QED) is 0.718. The molecule has 1 heterocycles. The second-order valence-electron chi connectivity index (χ2n) is 6.09. The molecule has 2 atom stereocenters. The molecule has 0 radical (unpaired) electrons. The van der Waals surface area contributed by atoms with Gasteiger partial charge in [0.05, 0.1) is 0 Å². The average Bonchev–Trinajstić information content (AvgIpc) is 2.49. The summed E-state index contributed by atoms with van der Waals surface area (Å²) in [5, 5.41) is 3.60. The number of hydrogen-bond acceptors (Lipinski definition) is 2. The van der Waals surface area contributed by atoms with Crippen LogP contribution >= 0.6 is 0 Å². The summed E-state index contributed by atoms with van der Waals surface area (Å²) >= 11 is 0. The SMILES string of the molecule is CCCNCC(C(C)C)N1CCCC(C)CC1. The van der Waals surface area contributed by atoms with E-state index < -0.39 is 0 Å². The molecule has 17 heavy (non-hydrogen) atoms. The standard InChI is InChI=1S/C15H32N2/c1-5-9-16-12-15(13(2)3)17-10-6-7-14(4)8-11-17/h13-16H,5-12H2,1-4H3. The maximum Gasteiger partial charge on any atom is 0.0243 e. The Bertz CT molecular complexity index is 191. The molecule has 2 unspecified atom stereocenters. The fraction of sp³-hybridized carbons (Fsp3) is 1.00.